The molecule has 0 bridgehead atoms. The van der Waals surface area contributed by atoms with Crippen molar-refractivity contribution >= 4 is 21.9 Å². The maximum Gasteiger partial charge on any atom is 0.215 e. The highest BCUT2D eigenvalue weighted by molar-refractivity contribution is 6.06. The second-order valence-corrected chi connectivity index (χ2v) is 10.7. The Bertz CT molecular complexity index is 1580. The van der Waals surface area contributed by atoms with E-state index < -0.39 is 0 Å². The Balaban J connectivity index is 1.48. The van der Waals surface area contributed by atoms with Gasteiger partial charge in [0, 0.05) is 49.7 Å². The minimum Gasteiger partial charge on any atom is -0.477 e. The standard InChI is InChI=1S/C30H32N6O2/c1-19-29(35(2)34-33-19)23-14-26-28(32-16-23)24-17-31-27(38-18-20-8-9-20)15-25(24)36(26)30(21-6-4-3-5-7-21)22-10-12-37-13-11-22/h3-7,14-17,20,22,30H,8-13,18H2,1-2H3/t30-/m1/s1. The average molecular weight is 509 g/mol. The van der Waals surface area contributed by atoms with Crippen LogP contribution in [0.15, 0.2) is 54.9 Å². The van der Waals surface area contributed by atoms with Crippen LogP contribution in [0.2, 0.25) is 0 Å². The van der Waals surface area contributed by atoms with Crippen molar-refractivity contribution in [2.75, 3.05) is 19.8 Å². The van der Waals surface area contributed by atoms with Crippen LogP contribution in [0.4, 0.5) is 0 Å². The molecule has 2 fully saturated rings. The Kier molecular flexibility index (Phi) is 5.84. The molecule has 7 rings (SSSR count). The lowest BCUT2D eigenvalue weighted by Gasteiger charge is -2.33. The van der Waals surface area contributed by atoms with E-state index in [1.54, 1.807) is 0 Å². The molecule has 38 heavy (non-hydrogen) atoms. The Hall–Kier alpha value is -3.78. The van der Waals surface area contributed by atoms with Crippen molar-refractivity contribution in [3.8, 4) is 17.1 Å². The zero-order valence-corrected chi connectivity index (χ0v) is 21.9. The van der Waals surface area contributed by atoms with E-state index in [2.05, 4.69) is 57.3 Å². The van der Waals surface area contributed by atoms with Crippen LogP contribution in [0.3, 0.4) is 0 Å². The first-order valence-electron chi connectivity index (χ1n) is 13.6. The highest BCUT2D eigenvalue weighted by Crippen LogP contribution is 2.41. The van der Waals surface area contributed by atoms with E-state index in [0.29, 0.717) is 17.7 Å². The van der Waals surface area contributed by atoms with Crippen molar-refractivity contribution < 1.29 is 9.47 Å². The maximum atomic E-state index is 6.15. The molecule has 2 aliphatic rings. The van der Waals surface area contributed by atoms with E-state index in [0.717, 1.165) is 71.5 Å². The van der Waals surface area contributed by atoms with Gasteiger partial charge in [0.2, 0.25) is 5.88 Å². The number of aromatic nitrogens is 6. The molecule has 0 radical (unpaired) electrons. The van der Waals surface area contributed by atoms with Crippen molar-refractivity contribution in [2.24, 2.45) is 18.9 Å². The molecule has 5 heterocycles. The Morgan fingerprint density at radius 2 is 1.82 bits per heavy atom. The van der Waals surface area contributed by atoms with Gasteiger partial charge in [-0.2, -0.15) is 0 Å². The average Bonchev–Trinajstić information content (AvgIpc) is 3.66. The van der Waals surface area contributed by atoms with Gasteiger partial charge in [-0.3, -0.25) is 4.98 Å². The first kappa shape index (κ1) is 23.3. The van der Waals surface area contributed by atoms with Crippen LogP contribution < -0.4 is 4.74 Å². The van der Waals surface area contributed by atoms with Gasteiger partial charge >= 0.3 is 0 Å². The van der Waals surface area contributed by atoms with Crippen molar-refractivity contribution in [3.05, 3.63) is 66.1 Å². The maximum absolute atomic E-state index is 6.15. The molecular weight excluding hydrogens is 476 g/mol. The van der Waals surface area contributed by atoms with Crippen LogP contribution in [0.1, 0.15) is 43.0 Å². The predicted molar refractivity (Wildman–Crippen MR) is 146 cm³/mol. The third kappa shape index (κ3) is 4.13. The molecule has 4 aromatic heterocycles. The highest BCUT2D eigenvalue weighted by Gasteiger charge is 2.31. The van der Waals surface area contributed by atoms with Crippen molar-refractivity contribution in [1.29, 1.82) is 0 Å². The second-order valence-electron chi connectivity index (χ2n) is 10.7. The zero-order chi connectivity index (χ0) is 25.6. The van der Waals surface area contributed by atoms with E-state index in [1.165, 1.54) is 18.4 Å². The highest BCUT2D eigenvalue weighted by atomic mass is 16.5. The first-order chi connectivity index (χ1) is 18.7. The molecule has 8 heteroatoms. The summed E-state index contributed by atoms with van der Waals surface area (Å²) in [6.45, 7) is 4.29. The fourth-order valence-electron chi connectivity index (χ4n) is 5.95. The minimum absolute atomic E-state index is 0.126. The molecule has 194 valence electrons. The number of aryl methyl sites for hydroxylation is 2. The summed E-state index contributed by atoms with van der Waals surface area (Å²) in [6, 6.07) is 15.3. The number of benzene rings is 1. The van der Waals surface area contributed by atoms with E-state index in [4.69, 9.17) is 19.4 Å². The second kappa shape index (κ2) is 9.51. The smallest absolute Gasteiger partial charge is 0.215 e. The molecular formula is C30H32N6O2. The lowest BCUT2D eigenvalue weighted by atomic mass is 9.86. The van der Waals surface area contributed by atoms with Gasteiger partial charge < -0.3 is 14.0 Å². The minimum atomic E-state index is 0.126. The number of rotatable bonds is 7. The van der Waals surface area contributed by atoms with Crippen LogP contribution in [0.25, 0.3) is 33.2 Å². The number of nitrogens with zero attached hydrogens (tertiary/aromatic N) is 6. The molecule has 0 spiro atoms. The quantitative estimate of drug-likeness (QED) is 0.289. The number of pyridine rings is 2. The van der Waals surface area contributed by atoms with E-state index in [9.17, 15) is 0 Å². The van der Waals surface area contributed by atoms with E-state index in [-0.39, 0.29) is 6.04 Å². The van der Waals surface area contributed by atoms with Crippen LogP contribution in [0, 0.1) is 18.8 Å². The Morgan fingerprint density at radius 3 is 2.55 bits per heavy atom. The van der Waals surface area contributed by atoms with E-state index >= 15 is 0 Å². The van der Waals surface area contributed by atoms with Gasteiger partial charge in [-0.05, 0) is 56.1 Å². The van der Waals surface area contributed by atoms with E-state index in [1.807, 2.05) is 31.0 Å². The molecule has 1 saturated carbocycles. The molecule has 1 aliphatic carbocycles. The topological polar surface area (TPSA) is 79.9 Å². The zero-order valence-electron chi connectivity index (χ0n) is 21.9. The number of ether oxygens (including phenoxy) is 2. The monoisotopic (exact) mass is 508 g/mol. The molecule has 1 aromatic carbocycles. The fourth-order valence-corrected chi connectivity index (χ4v) is 5.95. The summed E-state index contributed by atoms with van der Waals surface area (Å²) in [6.07, 6.45) is 8.38. The van der Waals surface area contributed by atoms with Gasteiger partial charge in [0.05, 0.1) is 40.6 Å². The Morgan fingerprint density at radius 1 is 1.00 bits per heavy atom. The number of fused-ring (bicyclic) bond motifs is 3. The van der Waals surface area contributed by atoms with Crippen molar-refractivity contribution in [3.63, 3.8) is 0 Å². The third-order valence-electron chi connectivity index (χ3n) is 8.06. The summed E-state index contributed by atoms with van der Waals surface area (Å²) in [4.78, 5) is 9.70. The summed E-state index contributed by atoms with van der Waals surface area (Å²) >= 11 is 0. The molecule has 8 nitrogen and oxygen atoms in total. The summed E-state index contributed by atoms with van der Waals surface area (Å²) < 4.78 is 16.2. The summed E-state index contributed by atoms with van der Waals surface area (Å²) in [5.41, 5.74) is 7.29. The van der Waals surface area contributed by atoms with Gasteiger partial charge in [-0.1, -0.05) is 35.5 Å². The molecule has 0 amide bonds. The molecule has 0 N–H and O–H groups in total. The van der Waals surface area contributed by atoms with Crippen LogP contribution in [0.5, 0.6) is 5.88 Å². The number of hydrogen-bond donors (Lipinski definition) is 0. The molecule has 1 atom stereocenters. The first-order valence-corrected chi connectivity index (χ1v) is 13.6. The molecule has 1 aliphatic heterocycles. The molecule has 0 unspecified atom stereocenters. The van der Waals surface area contributed by atoms with Gasteiger partial charge in [0.15, 0.2) is 0 Å². The van der Waals surface area contributed by atoms with Crippen molar-refractivity contribution in [1.82, 2.24) is 29.5 Å². The lowest BCUT2D eigenvalue weighted by molar-refractivity contribution is 0.0552. The largest absolute Gasteiger partial charge is 0.477 e. The van der Waals surface area contributed by atoms with Gasteiger partial charge in [-0.15, -0.1) is 5.10 Å². The molecule has 1 saturated heterocycles. The lowest BCUT2D eigenvalue weighted by Crippen LogP contribution is -2.26. The van der Waals surface area contributed by atoms with Crippen LogP contribution >= 0.6 is 0 Å². The fraction of sp³-hybridized carbons (Fsp3) is 0.400. The van der Waals surface area contributed by atoms with Crippen LogP contribution in [-0.2, 0) is 11.8 Å². The SMILES string of the molecule is Cc1nnn(C)c1-c1cnc2c3cnc(OCC4CC4)cc3n([C@H](c3ccccc3)C3CCOCC3)c2c1. The third-order valence-corrected chi connectivity index (χ3v) is 8.06. The summed E-state index contributed by atoms with van der Waals surface area (Å²) in [5.74, 6) is 1.77. The summed E-state index contributed by atoms with van der Waals surface area (Å²) in [7, 11) is 1.93. The van der Waals surface area contributed by atoms with Gasteiger partial charge in [-0.25, -0.2) is 9.67 Å². The van der Waals surface area contributed by atoms with Crippen molar-refractivity contribution in [2.45, 2.75) is 38.6 Å². The summed E-state index contributed by atoms with van der Waals surface area (Å²) in [5, 5.41) is 9.56. The van der Waals surface area contributed by atoms with Gasteiger partial charge in [0.25, 0.3) is 0 Å². The van der Waals surface area contributed by atoms with Gasteiger partial charge in [0.1, 0.15) is 0 Å². The predicted octanol–water partition coefficient (Wildman–Crippen LogP) is 5.49. The normalized spacial score (nSPS) is 17.3. The Labute approximate surface area is 221 Å². The van der Waals surface area contributed by atoms with Crippen LogP contribution in [-0.4, -0.2) is 49.3 Å². The number of hydrogen-bond acceptors (Lipinski definition) is 6. The molecule has 5 aromatic rings.